The number of hydrogen-bond donors (Lipinski definition) is 1. The highest BCUT2D eigenvalue weighted by atomic mass is 28.4. The first-order valence-corrected chi connectivity index (χ1v) is 8.87. The van der Waals surface area contributed by atoms with Crippen molar-refractivity contribution in [2.24, 2.45) is 0 Å². The van der Waals surface area contributed by atoms with Gasteiger partial charge in [-0.3, -0.25) is 0 Å². The van der Waals surface area contributed by atoms with Gasteiger partial charge in [0.15, 0.2) is 0 Å². The highest BCUT2D eigenvalue weighted by Crippen LogP contribution is 2.18. The second-order valence-electron chi connectivity index (χ2n) is 5.68. The smallest absolute Gasteiger partial charge is 0.399 e. The van der Waals surface area contributed by atoms with E-state index in [0.717, 1.165) is 10.9 Å². The van der Waals surface area contributed by atoms with Gasteiger partial charge in [0.2, 0.25) is 0 Å². The van der Waals surface area contributed by atoms with Crippen molar-refractivity contribution < 1.29 is 13.3 Å². The predicted octanol–water partition coefficient (Wildman–Crippen LogP) is 2.69. The van der Waals surface area contributed by atoms with E-state index in [1.807, 2.05) is 65.8 Å². The number of hydrogen-bond acceptors (Lipinski definition) is 4. The summed E-state index contributed by atoms with van der Waals surface area (Å²) in [7, 11) is -2.94. The average Bonchev–Trinajstić information content (AvgIpc) is 2.26. The van der Waals surface area contributed by atoms with Gasteiger partial charge in [0.1, 0.15) is 0 Å². The van der Waals surface area contributed by atoms with Gasteiger partial charge in [-0.05, 0) is 53.7 Å². The molecule has 0 amide bonds. The Morgan fingerprint density at radius 3 is 1.40 bits per heavy atom. The molecule has 0 bridgehead atoms. The molecule has 0 saturated carbocycles. The lowest BCUT2D eigenvalue weighted by Gasteiger charge is -2.34. The molecule has 1 aromatic rings. The number of nitrogen functional groups attached to an aromatic ring is 1. The van der Waals surface area contributed by atoms with Gasteiger partial charge in [-0.2, -0.15) is 0 Å². The predicted molar refractivity (Wildman–Crippen MR) is 84.9 cm³/mol. The molecule has 0 atom stereocenters. The van der Waals surface area contributed by atoms with Gasteiger partial charge < -0.3 is 19.0 Å². The summed E-state index contributed by atoms with van der Waals surface area (Å²) in [4.78, 5) is 0. The molecule has 0 unspecified atom stereocenters. The van der Waals surface area contributed by atoms with E-state index in [4.69, 9.17) is 19.0 Å². The Hall–Kier alpha value is -0.883. The largest absolute Gasteiger partial charge is 0.537 e. The second kappa shape index (κ2) is 7.22. The first-order chi connectivity index (χ1) is 9.25. The number of nitrogens with two attached hydrogens (primary N) is 1. The van der Waals surface area contributed by atoms with E-state index in [1.54, 1.807) is 0 Å². The average molecular weight is 297 g/mol. The monoisotopic (exact) mass is 297 g/mol. The van der Waals surface area contributed by atoms with Crippen LogP contribution in [0.5, 0.6) is 0 Å². The maximum absolute atomic E-state index is 6.14. The maximum Gasteiger partial charge on any atom is 0.537 e. The minimum atomic E-state index is -2.94. The van der Waals surface area contributed by atoms with Crippen LogP contribution in [0.3, 0.4) is 0 Å². The molecule has 0 aliphatic carbocycles. The lowest BCUT2D eigenvalue weighted by molar-refractivity contribution is 0.0153. The Morgan fingerprint density at radius 1 is 0.750 bits per heavy atom. The third kappa shape index (κ3) is 4.90. The number of benzene rings is 1. The molecule has 5 heteroatoms. The zero-order valence-electron chi connectivity index (χ0n) is 13.3. The van der Waals surface area contributed by atoms with Gasteiger partial charge in [0.05, 0.1) is 0 Å². The molecule has 20 heavy (non-hydrogen) atoms. The van der Waals surface area contributed by atoms with Gasteiger partial charge in [0, 0.05) is 29.2 Å². The van der Waals surface area contributed by atoms with Crippen LogP contribution in [0.15, 0.2) is 24.3 Å². The molecule has 0 aromatic heterocycles. The molecule has 0 radical (unpaired) electrons. The molecule has 0 heterocycles. The maximum atomic E-state index is 6.14. The summed E-state index contributed by atoms with van der Waals surface area (Å²) >= 11 is 0. The zero-order chi connectivity index (χ0) is 15.3. The van der Waals surface area contributed by atoms with Crippen LogP contribution in [0.2, 0.25) is 0 Å². The minimum Gasteiger partial charge on any atom is -0.399 e. The van der Waals surface area contributed by atoms with Gasteiger partial charge in [-0.1, -0.05) is 12.1 Å². The fraction of sp³-hybridized carbons (Fsp3) is 0.600. The molecule has 0 aliphatic heterocycles. The van der Waals surface area contributed by atoms with E-state index in [-0.39, 0.29) is 18.3 Å². The Bertz CT molecular complexity index is 378. The van der Waals surface area contributed by atoms with Crippen molar-refractivity contribution in [1.29, 1.82) is 0 Å². The summed E-state index contributed by atoms with van der Waals surface area (Å²) < 4.78 is 18.4. The van der Waals surface area contributed by atoms with Crippen LogP contribution >= 0.6 is 0 Å². The SMILES string of the molecule is CC(C)O[Si](OC(C)C)(OC(C)C)c1ccc(N)cc1. The van der Waals surface area contributed by atoms with E-state index < -0.39 is 8.80 Å². The molecular formula is C15H27NO3Si. The third-order valence-electron chi connectivity index (χ3n) is 2.44. The first-order valence-electron chi connectivity index (χ1n) is 7.14. The van der Waals surface area contributed by atoms with E-state index >= 15 is 0 Å². The first kappa shape index (κ1) is 17.2. The van der Waals surface area contributed by atoms with Crippen molar-refractivity contribution in [3.8, 4) is 0 Å². The lowest BCUT2D eigenvalue weighted by Crippen LogP contribution is -2.60. The molecule has 0 aliphatic rings. The van der Waals surface area contributed by atoms with Gasteiger partial charge in [-0.25, -0.2) is 0 Å². The van der Waals surface area contributed by atoms with Crippen LogP contribution in [0.25, 0.3) is 0 Å². The Kier molecular flexibility index (Phi) is 6.20. The van der Waals surface area contributed by atoms with E-state index in [9.17, 15) is 0 Å². The number of anilines is 1. The van der Waals surface area contributed by atoms with Crippen LogP contribution in [-0.4, -0.2) is 27.1 Å². The molecule has 0 saturated heterocycles. The lowest BCUT2D eigenvalue weighted by atomic mass is 10.3. The topological polar surface area (TPSA) is 53.7 Å². The quantitative estimate of drug-likeness (QED) is 0.621. The van der Waals surface area contributed by atoms with Crippen molar-refractivity contribution in [1.82, 2.24) is 0 Å². The molecular weight excluding hydrogens is 270 g/mol. The summed E-state index contributed by atoms with van der Waals surface area (Å²) in [5, 5.41) is 0.947. The zero-order valence-corrected chi connectivity index (χ0v) is 14.3. The van der Waals surface area contributed by atoms with Crippen molar-refractivity contribution in [3.63, 3.8) is 0 Å². The summed E-state index contributed by atoms with van der Waals surface area (Å²) in [6.45, 7) is 12.0. The van der Waals surface area contributed by atoms with Gasteiger partial charge >= 0.3 is 8.80 Å². The van der Waals surface area contributed by atoms with Gasteiger partial charge in [-0.15, -0.1) is 0 Å². The molecule has 1 aromatic carbocycles. The van der Waals surface area contributed by atoms with Gasteiger partial charge in [0.25, 0.3) is 0 Å². The summed E-state index contributed by atoms with van der Waals surface area (Å²) in [6.07, 6.45) is 0.0742. The third-order valence-corrected chi connectivity index (χ3v) is 5.82. The van der Waals surface area contributed by atoms with Crippen LogP contribution in [0.4, 0.5) is 5.69 Å². The molecule has 2 N–H and O–H groups in total. The Balaban J connectivity index is 3.22. The normalized spacial score (nSPS) is 12.7. The van der Waals surface area contributed by atoms with Crippen LogP contribution in [0, 0.1) is 0 Å². The Labute approximate surface area is 123 Å². The highest BCUT2D eigenvalue weighted by Gasteiger charge is 2.46. The van der Waals surface area contributed by atoms with E-state index in [0.29, 0.717) is 0 Å². The van der Waals surface area contributed by atoms with Crippen molar-refractivity contribution >= 4 is 19.7 Å². The van der Waals surface area contributed by atoms with E-state index in [2.05, 4.69) is 0 Å². The van der Waals surface area contributed by atoms with Crippen LogP contribution in [0.1, 0.15) is 41.5 Å². The van der Waals surface area contributed by atoms with Crippen molar-refractivity contribution in [3.05, 3.63) is 24.3 Å². The van der Waals surface area contributed by atoms with Crippen molar-refractivity contribution in [2.75, 3.05) is 5.73 Å². The fourth-order valence-electron chi connectivity index (χ4n) is 1.91. The van der Waals surface area contributed by atoms with Crippen LogP contribution < -0.4 is 10.9 Å². The standard InChI is InChI=1S/C15H27NO3Si/c1-11(2)17-20(18-12(3)4,19-13(5)6)15-9-7-14(16)8-10-15/h7-13H,16H2,1-6H3. The molecule has 1 rings (SSSR count). The summed E-state index contributed by atoms with van der Waals surface area (Å²) in [6, 6.07) is 7.59. The summed E-state index contributed by atoms with van der Waals surface area (Å²) in [5.74, 6) is 0. The number of rotatable bonds is 7. The molecule has 0 spiro atoms. The molecule has 4 nitrogen and oxygen atoms in total. The highest BCUT2D eigenvalue weighted by molar-refractivity contribution is 6.75. The Morgan fingerprint density at radius 2 is 1.10 bits per heavy atom. The minimum absolute atomic E-state index is 0.0247. The second-order valence-corrected chi connectivity index (χ2v) is 8.07. The molecule has 114 valence electrons. The summed E-state index contributed by atoms with van der Waals surface area (Å²) in [5.41, 5.74) is 6.48. The van der Waals surface area contributed by atoms with E-state index in [1.165, 1.54) is 0 Å². The fourth-order valence-corrected chi connectivity index (χ4v) is 4.92. The van der Waals surface area contributed by atoms with Crippen molar-refractivity contribution in [2.45, 2.75) is 59.9 Å². The van der Waals surface area contributed by atoms with Crippen LogP contribution in [-0.2, 0) is 13.3 Å². The molecule has 0 fully saturated rings.